The number of aryl methyl sites for hydroxylation is 1. The molecule has 1 aromatic heterocycles. The molecule has 1 N–H and O–H groups in total. The molecule has 46 heavy (non-hydrogen) atoms. The zero-order valence-corrected chi connectivity index (χ0v) is 29.2. The number of benzene rings is 1. The molecule has 3 unspecified atom stereocenters. The van der Waals surface area contributed by atoms with Crippen LogP contribution in [0.3, 0.4) is 0 Å². The molecule has 1 amide bonds. The van der Waals surface area contributed by atoms with Gasteiger partial charge in [-0.2, -0.15) is 5.26 Å². The van der Waals surface area contributed by atoms with Crippen LogP contribution in [0.25, 0.3) is 11.9 Å². The van der Waals surface area contributed by atoms with Gasteiger partial charge in [-0.15, -0.1) is 0 Å². The van der Waals surface area contributed by atoms with E-state index in [4.69, 9.17) is 19.7 Å². The van der Waals surface area contributed by atoms with Crippen LogP contribution in [-0.2, 0) is 19.8 Å². The van der Waals surface area contributed by atoms with E-state index in [9.17, 15) is 14.7 Å². The van der Waals surface area contributed by atoms with Crippen molar-refractivity contribution in [3.63, 3.8) is 0 Å². The third kappa shape index (κ3) is 7.67. The van der Waals surface area contributed by atoms with Gasteiger partial charge in [-0.25, -0.2) is 18.5 Å². The van der Waals surface area contributed by atoms with Gasteiger partial charge in [-0.3, -0.25) is 14.8 Å². The predicted molar refractivity (Wildman–Crippen MR) is 177 cm³/mol. The highest BCUT2D eigenvalue weighted by atomic mass is 32.2. The number of amidine groups is 1. The molecule has 2 heterocycles. The highest BCUT2D eigenvalue weighted by Crippen LogP contribution is 2.66. The summed E-state index contributed by atoms with van der Waals surface area (Å²) in [6.07, 6.45) is 1.88. The van der Waals surface area contributed by atoms with Gasteiger partial charge in [0.2, 0.25) is 0 Å². The summed E-state index contributed by atoms with van der Waals surface area (Å²) in [7, 11) is -1.45. The summed E-state index contributed by atoms with van der Waals surface area (Å²) in [5, 5.41) is 19.5. The van der Waals surface area contributed by atoms with E-state index in [1.165, 1.54) is 41.4 Å². The molecular formula is C33H40F2N4O5SSi. The number of ether oxygens (including phenoxy) is 2. The van der Waals surface area contributed by atoms with Crippen LogP contribution in [0.1, 0.15) is 62.1 Å². The molecule has 0 spiro atoms. The summed E-state index contributed by atoms with van der Waals surface area (Å²) in [4.78, 5) is 36.3. The molecule has 1 aromatic carbocycles. The Morgan fingerprint density at radius 1 is 1.28 bits per heavy atom. The maximum atomic E-state index is 15.7. The molecule has 2 aromatic rings. The SMILES string of the molecule is Cc1cc(C#N)cnc1C(F)=Cc1ccc(F)c(C2(C)N=C(N(COCC[Si](C)(C)C)C(=O)OC(C)(C)C)SC3(C(=O)O)CC32)c1. The monoisotopic (exact) mass is 670 g/mol. The van der Waals surface area contributed by atoms with E-state index >= 15 is 8.78 Å². The third-order valence-electron chi connectivity index (χ3n) is 7.88. The number of rotatable bonds is 9. The zero-order chi connectivity index (χ0) is 34.2. The maximum absolute atomic E-state index is 15.7. The van der Waals surface area contributed by atoms with Crippen LogP contribution in [0.15, 0.2) is 35.5 Å². The van der Waals surface area contributed by atoms with E-state index in [0.717, 1.165) is 17.8 Å². The van der Waals surface area contributed by atoms with E-state index in [2.05, 4.69) is 24.6 Å². The zero-order valence-electron chi connectivity index (χ0n) is 27.4. The summed E-state index contributed by atoms with van der Waals surface area (Å²) in [5.41, 5.74) is -1.13. The summed E-state index contributed by atoms with van der Waals surface area (Å²) in [5.74, 6) is -3.05. The Hall–Kier alpha value is -3.60. The molecule has 1 saturated carbocycles. The number of nitriles is 1. The van der Waals surface area contributed by atoms with Gasteiger partial charge < -0.3 is 14.6 Å². The predicted octanol–water partition coefficient (Wildman–Crippen LogP) is 7.58. The number of halogens is 2. The number of thioether (sulfide) groups is 1. The summed E-state index contributed by atoms with van der Waals surface area (Å²) in [6, 6.07) is 8.36. The number of amides is 1. The number of aliphatic carboxylic acids is 1. The molecule has 1 aliphatic carbocycles. The molecular weight excluding hydrogens is 631 g/mol. The van der Waals surface area contributed by atoms with Gasteiger partial charge in [-0.05, 0) is 82.5 Å². The quantitative estimate of drug-likeness (QED) is 0.165. The van der Waals surface area contributed by atoms with Gasteiger partial charge in [0.1, 0.15) is 40.5 Å². The van der Waals surface area contributed by atoms with Crippen LogP contribution >= 0.6 is 11.8 Å². The summed E-state index contributed by atoms with van der Waals surface area (Å²) >= 11 is 0.940. The Labute approximate surface area is 273 Å². The van der Waals surface area contributed by atoms with E-state index < -0.39 is 53.6 Å². The first-order valence-electron chi connectivity index (χ1n) is 14.9. The normalized spacial score (nSPS) is 22.8. The lowest BCUT2D eigenvalue weighted by Gasteiger charge is -2.37. The lowest BCUT2D eigenvalue weighted by Crippen LogP contribution is -2.47. The fraction of sp³-hybridized carbons (Fsp3) is 0.485. The molecule has 3 atom stereocenters. The Kier molecular flexibility index (Phi) is 9.88. The maximum Gasteiger partial charge on any atom is 0.418 e. The number of carbonyl (C=O) groups is 2. The number of aliphatic imine (C=N–C) groups is 1. The number of nitrogens with zero attached hydrogens (tertiary/aromatic N) is 4. The van der Waals surface area contributed by atoms with Crippen LogP contribution in [0.2, 0.25) is 25.7 Å². The molecule has 13 heteroatoms. The van der Waals surface area contributed by atoms with Gasteiger partial charge >= 0.3 is 12.1 Å². The van der Waals surface area contributed by atoms with Crippen molar-refractivity contribution in [1.29, 1.82) is 5.26 Å². The van der Waals surface area contributed by atoms with Crippen LogP contribution in [-0.4, -0.2) is 64.0 Å². The number of carbonyl (C=O) groups excluding carboxylic acids is 1. The van der Waals surface area contributed by atoms with E-state index in [1.807, 2.05) is 6.07 Å². The molecule has 246 valence electrons. The van der Waals surface area contributed by atoms with Gasteiger partial charge in [0, 0.05) is 32.4 Å². The largest absolute Gasteiger partial charge is 0.480 e. The molecule has 2 aliphatic rings. The van der Waals surface area contributed by atoms with Gasteiger partial charge in [0.25, 0.3) is 0 Å². The van der Waals surface area contributed by atoms with Crippen LogP contribution in [0, 0.1) is 30.0 Å². The lowest BCUT2D eigenvalue weighted by atomic mass is 9.84. The first kappa shape index (κ1) is 35.3. The summed E-state index contributed by atoms with van der Waals surface area (Å²) in [6.45, 7) is 15.2. The molecule has 1 fully saturated rings. The Balaban J connectivity index is 1.77. The topological polar surface area (TPSA) is 125 Å². The lowest BCUT2D eigenvalue weighted by molar-refractivity contribution is -0.137. The van der Waals surface area contributed by atoms with Crippen molar-refractivity contribution in [2.75, 3.05) is 13.3 Å². The second kappa shape index (κ2) is 12.9. The van der Waals surface area contributed by atoms with Crippen molar-refractivity contribution in [2.45, 2.75) is 82.6 Å². The van der Waals surface area contributed by atoms with E-state index in [0.29, 0.717) is 23.3 Å². The van der Waals surface area contributed by atoms with Crippen LogP contribution < -0.4 is 0 Å². The molecule has 0 bridgehead atoms. The number of hydrogen-bond donors (Lipinski definition) is 1. The number of fused-ring (bicyclic) bond motifs is 1. The van der Waals surface area contributed by atoms with Crippen molar-refractivity contribution in [1.82, 2.24) is 9.88 Å². The van der Waals surface area contributed by atoms with E-state index in [-0.39, 0.29) is 29.6 Å². The van der Waals surface area contributed by atoms with Crippen molar-refractivity contribution in [2.24, 2.45) is 10.9 Å². The van der Waals surface area contributed by atoms with Crippen molar-refractivity contribution in [3.05, 3.63) is 64.2 Å². The third-order valence-corrected chi connectivity index (χ3v) is 11.1. The van der Waals surface area contributed by atoms with Crippen LogP contribution in [0.5, 0.6) is 0 Å². The van der Waals surface area contributed by atoms with Gasteiger partial charge in [0.15, 0.2) is 5.17 Å². The van der Waals surface area contributed by atoms with Crippen molar-refractivity contribution in [3.8, 4) is 6.07 Å². The number of hydrogen-bond acceptors (Lipinski definition) is 8. The molecule has 0 radical (unpaired) electrons. The average molecular weight is 671 g/mol. The Morgan fingerprint density at radius 2 is 1.98 bits per heavy atom. The van der Waals surface area contributed by atoms with Gasteiger partial charge in [-0.1, -0.05) is 37.5 Å². The molecule has 4 rings (SSSR count). The highest BCUT2D eigenvalue weighted by molar-refractivity contribution is 8.15. The van der Waals surface area contributed by atoms with Crippen molar-refractivity contribution >= 4 is 49.0 Å². The minimum absolute atomic E-state index is 0.0414. The number of aromatic nitrogens is 1. The molecule has 0 saturated heterocycles. The summed E-state index contributed by atoms with van der Waals surface area (Å²) < 4.78 is 41.3. The fourth-order valence-electron chi connectivity index (χ4n) is 5.27. The number of carboxylic acids is 1. The first-order chi connectivity index (χ1) is 21.3. The van der Waals surface area contributed by atoms with Gasteiger partial charge in [0.05, 0.1) is 11.1 Å². The van der Waals surface area contributed by atoms with E-state index in [1.54, 1.807) is 34.6 Å². The minimum atomic E-state index is -1.45. The standard InChI is InChI=1S/C33H40F2N4O5SSi/c1-20-13-22(17-36)18-37-27(20)25(35)15-21-9-10-24(34)23(14-21)32(5)26-16-33(26,28(40)41)45-29(38-32)39(30(42)44-31(2,3)4)19-43-11-12-46(6,7)8/h9-10,13-15,18,26H,11-12,16,19H2,1-8H3,(H,40,41). The second-order valence-corrected chi connectivity index (χ2v) is 21.0. The Bertz CT molecular complexity index is 1650. The number of carboxylic acid groups (broad SMARTS) is 1. The van der Waals surface area contributed by atoms with Crippen molar-refractivity contribution < 1.29 is 33.0 Å². The average Bonchev–Trinajstić information content (AvgIpc) is 3.69. The smallest absolute Gasteiger partial charge is 0.418 e. The Morgan fingerprint density at radius 3 is 2.57 bits per heavy atom. The fourth-order valence-corrected chi connectivity index (χ4v) is 7.54. The first-order valence-corrected chi connectivity index (χ1v) is 19.5. The minimum Gasteiger partial charge on any atom is -0.480 e. The molecule has 9 nitrogen and oxygen atoms in total. The van der Waals surface area contributed by atoms with Crippen LogP contribution in [0.4, 0.5) is 13.6 Å². The highest BCUT2D eigenvalue weighted by Gasteiger charge is 2.72. The second-order valence-electron chi connectivity index (χ2n) is 14.1. The number of pyridine rings is 1. The molecule has 1 aliphatic heterocycles.